The fraction of sp³-hybridized carbons (Fsp3) is 0.143. The highest BCUT2D eigenvalue weighted by atomic mass is 35.5. The summed E-state index contributed by atoms with van der Waals surface area (Å²) in [4.78, 5) is 16.7. The van der Waals surface area contributed by atoms with Crippen molar-refractivity contribution in [2.45, 2.75) is 13.5 Å². The maximum atomic E-state index is 11.2. The van der Waals surface area contributed by atoms with Crippen molar-refractivity contribution in [3.05, 3.63) is 51.7 Å². The normalized spacial score (nSPS) is 11.0. The second kappa shape index (κ2) is 5.38. The number of nitrogens with two attached hydrogens (primary N) is 1. The molecule has 0 radical (unpaired) electrons. The number of rotatable bonds is 4. The van der Waals surface area contributed by atoms with Crippen molar-refractivity contribution >= 4 is 39.5 Å². The lowest BCUT2D eigenvalue weighted by Gasteiger charge is -2.09. The van der Waals surface area contributed by atoms with Crippen LogP contribution in [0, 0.1) is 6.92 Å². The summed E-state index contributed by atoms with van der Waals surface area (Å²) in [6, 6.07) is 4.93. The van der Waals surface area contributed by atoms with Gasteiger partial charge in [-0.15, -0.1) is 11.3 Å². The molecule has 3 rings (SSSR count). The number of hydrogen-bond donors (Lipinski definition) is 2. The number of halogens is 1. The summed E-state index contributed by atoms with van der Waals surface area (Å²) >= 11 is 7.73. The Morgan fingerprint density at radius 2 is 2.33 bits per heavy atom. The third-order valence-corrected chi connectivity index (χ3v) is 4.34. The van der Waals surface area contributed by atoms with Crippen molar-refractivity contribution in [3.8, 4) is 0 Å². The van der Waals surface area contributed by atoms with Crippen LogP contribution in [-0.4, -0.2) is 15.3 Å². The zero-order valence-electron chi connectivity index (χ0n) is 11.3. The SMILES string of the molecule is Cc1nc2sccn2c1CNc1cc(C(N)=O)ccc1Cl. The number of carbonyl (C=O) groups is 1. The predicted octanol–water partition coefficient (Wildman–Crippen LogP) is 3.07. The van der Waals surface area contributed by atoms with Gasteiger partial charge in [0.15, 0.2) is 4.96 Å². The van der Waals surface area contributed by atoms with Crippen LogP contribution < -0.4 is 11.1 Å². The Bertz CT molecular complexity index is 824. The topological polar surface area (TPSA) is 72.4 Å². The van der Waals surface area contributed by atoms with Crippen molar-refractivity contribution in [3.63, 3.8) is 0 Å². The fourth-order valence-electron chi connectivity index (χ4n) is 2.15. The minimum atomic E-state index is -0.476. The van der Waals surface area contributed by atoms with E-state index in [0.29, 0.717) is 22.8 Å². The van der Waals surface area contributed by atoms with Gasteiger partial charge < -0.3 is 11.1 Å². The summed E-state index contributed by atoms with van der Waals surface area (Å²) in [5.41, 5.74) is 8.42. The third-order valence-electron chi connectivity index (χ3n) is 3.26. The number of thiazole rings is 1. The number of hydrogen-bond acceptors (Lipinski definition) is 4. The molecule has 2 aromatic heterocycles. The first-order valence-electron chi connectivity index (χ1n) is 6.30. The van der Waals surface area contributed by atoms with Crippen LogP contribution in [0.4, 0.5) is 5.69 Å². The Labute approximate surface area is 130 Å². The lowest BCUT2D eigenvalue weighted by molar-refractivity contribution is 0.100. The Morgan fingerprint density at radius 3 is 3.10 bits per heavy atom. The van der Waals surface area contributed by atoms with Crippen LogP contribution >= 0.6 is 22.9 Å². The van der Waals surface area contributed by atoms with E-state index in [4.69, 9.17) is 17.3 Å². The van der Waals surface area contributed by atoms with Gasteiger partial charge in [-0.1, -0.05) is 11.6 Å². The highest BCUT2D eigenvalue weighted by Crippen LogP contribution is 2.24. The highest BCUT2D eigenvalue weighted by molar-refractivity contribution is 7.15. The van der Waals surface area contributed by atoms with Gasteiger partial charge in [-0.2, -0.15) is 0 Å². The lowest BCUT2D eigenvalue weighted by atomic mass is 10.2. The average Bonchev–Trinajstić information content (AvgIpc) is 2.99. The second-order valence-corrected chi connectivity index (χ2v) is 5.89. The van der Waals surface area contributed by atoms with Crippen molar-refractivity contribution in [1.82, 2.24) is 9.38 Å². The van der Waals surface area contributed by atoms with Crippen LogP contribution in [0.3, 0.4) is 0 Å². The number of nitrogens with one attached hydrogen (secondary N) is 1. The first-order chi connectivity index (χ1) is 10.1. The van der Waals surface area contributed by atoms with Gasteiger partial charge in [0.05, 0.1) is 28.6 Å². The van der Waals surface area contributed by atoms with Crippen LogP contribution in [0.25, 0.3) is 4.96 Å². The van der Waals surface area contributed by atoms with E-state index in [2.05, 4.69) is 10.3 Å². The van der Waals surface area contributed by atoms with Crippen LogP contribution in [0.1, 0.15) is 21.7 Å². The molecule has 0 aliphatic carbocycles. The highest BCUT2D eigenvalue weighted by Gasteiger charge is 2.11. The van der Waals surface area contributed by atoms with Crippen molar-refractivity contribution in [1.29, 1.82) is 0 Å². The number of carbonyl (C=O) groups excluding carboxylic acids is 1. The van der Waals surface area contributed by atoms with E-state index in [1.165, 1.54) is 0 Å². The van der Waals surface area contributed by atoms with Gasteiger partial charge in [0.1, 0.15) is 0 Å². The van der Waals surface area contributed by atoms with Gasteiger partial charge in [0, 0.05) is 17.1 Å². The molecule has 21 heavy (non-hydrogen) atoms. The molecule has 0 saturated heterocycles. The van der Waals surface area contributed by atoms with E-state index < -0.39 is 5.91 Å². The number of aryl methyl sites for hydroxylation is 1. The maximum Gasteiger partial charge on any atom is 0.248 e. The summed E-state index contributed by atoms with van der Waals surface area (Å²) in [6.45, 7) is 2.53. The molecule has 0 spiro atoms. The minimum absolute atomic E-state index is 0.424. The molecule has 0 fully saturated rings. The number of aromatic nitrogens is 2. The number of imidazole rings is 1. The number of benzene rings is 1. The molecular formula is C14H13ClN4OS. The van der Waals surface area contributed by atoms with E-state index >= 15 is 0 Å². The molecule has 1 aromatic carbocycles. The average molecular weight is 321 g/mol. The van der Waals surface area contributed by atoms with E-state index in [0.717, 1.165) is 16.3 Å². The van der Waals surface area contributed by atoms with Gasteiger partial charge in [-0.25, -0.2) is 4.98 Å². The number of fused-ring (bicyclic) bond motifs is 1. The maximum absolute atomic E-state index is 11.2. The van der Waals surface area contributed by atoms with Gasteiger partial charge in [0.25, 0.3) is 0 Å². The molecule has 3 N–H and O–H groups in total. The van der Waals surface area contributed by atoms with Crippen LogP contribution in [0.15, 0.2) is 29.8 Å². The molecule has 5 nitrogen and oxygen atoms in total. The molecule has 0 aliphatic rings. The lowest BCUT2D eigenvalue weighted by Crippen LogP contribution is -2.11. The van der Waals surface area contributed by atoms with Crippen molar-refractivity contribution in [2.75, 3.05) is 5.32 Å². The summed E-state index contributed by atoms with van der Waals surface area (Å²) in [5.74, 6) is -0.476. The summed E-state index contributed by atoms with van der Waals surface area (Å²) in [7, 11) is 0. The van der Waals surface area contributed by atoms with Crippen molar-refractivity contribution in [2.24, 2.45) is 5.73 Å². The molecule has 3 aromatic rings. The quantitative estimate of drug-likeness (QED) is 0.776. The number of amides is 1. The standard InChI is InChI=1S/C14H13ClN4OS/c1-8-12(19-4-5-21-14(19)18-8)7-17-11-6-9(13(16)20)2-3-10(11)15/h2-6,17H,7H2,1H3,(H2,16,20). The molecule has 2 heterocycles. The van der Waals surface area contributed by atoms with Crippen molar-refractivity contribution < 1.29 is 4.79 Å². The number of nitrogens with zero attached hydrogens (tertiary/aromatic N) is 2. The van der Waals surface area contributed by atoms with Gasteiger partial charge in [0.2, 0.25) is 5.91 Å². The second-order valence-electron chi connectivity index (χ2n) is 4.61. The van der Waals surface area contributed by atoms with Crippen LogP contribution in [0.2, 0.25) is 5.02 Å². The molecule has 0 unspecified atom stereocenters. The Kier molecular flexibility index (Phi) is 3.57. The molecule has 0 atom stereocenters. The van der Waals surface area contributed by atoms with E-state index in [9.17, 15) is 4.79 Å². The molecule has 0 aliphatic heterocycles. The third kappa shape index (κ3) is 2.59. The summed E-state index contributed by atoms with van der Waals surface area (Å²) < 4.78 is 2.04. The van der Waals surface area contributed by atoms with Crippen LogP contribution in [0.5, 0.6) is 0 Å². The Morgan fingerprint density at radius 1 is 1.52 bits per heavy atom. The molecule has 1 amide bonds. The first-order valence-corrected chi connectivity index (χ1v) is 7.56. The largest absolute Gasteiger partial charge is 0.378 e. The minimum Gasteiger partial charge on any atom is -0.378 e. The first kappa shape index (κ1) is 13.9. The Hall–Kier alpha value is -2.05. The molecule has 7 heteroatoms. The fourth-order valence-corrected chi connectivity index (χ4v) is 3.11. The zero-order valence-corrected chi connectivity index (χ0v) is 12.8. The summed E-state index contributed by atoms with van der Waals surface area (Å²) in [6.07, 6.45) is 1.98. The van der Waals surface area contributed by atoms with Gasteiger partial charge in [-0.05, 0) is 25.1 Å². The van der Waals surface area contributed by atoms with E-state index in [-0.39, 0.29) is 0 Å². The smallest absolute Gasteiger partial charge is 0.248 e. The predicted molar refractivity (Wildman–Crippen MR) is 85.1 cm³/mol. The van der Waals surface area contributed by atoms with Gasteiger partial charge in [-0.3, -0.25) is 9.20 Å². The molecule has 108 valence electrons. The monoisotopic (exact) mass is 320 g/mol. The molecule has 0 saturated carbocycles. The van der Waals surface area contributed by atoms with E-state index in [1.807, 2.05) is 22.9 Å². The zero-order chi connectivity index (χ0) is 15.0. The van der Waals surface area contributed by atoms with Crippen LogP contribution in [-0.2, 0) is 6.54 Å². The Balaban J connectivity index is 1.87. The molecule has 0 bridgehead atoms. The van der Waals surface area contributed by atoms with Gasteiger partial charge >= 0.3 is 0 Å². The molecular weight excluding hydrogens is 308 g/mol. The number of anilines is 1. The van der Waals surface area contributed by atoms with E-state index in [1.54, 1.807) is 29.5 Å². The summed E-state index contributed by atoms with van der Waals surface area (Å²) in [5, 5.41) is 5.77. The number of primary amides is 1.